The van der Waals surface area contributed by atoms with Gasteiger partial charge in [-0.2, -0.15) is 0 Å². The molecule has 1 heterocycles. The van der Waals surface area contributed by atoms with Crippen LogP contribution in [0.1, 0.15) is 0 Å². The average Bonchev–Trinajstić information content (AvgIpc) is 2.47. The highest BCUT2D eigenvalue weighted by Gasteiger charge is 2.09. The van der Waals surface area contributed by atoms with Gasteiger partial charge in [-0.15, -0.1) is 11.3 Å². The number of nitrogens with zero attached hydrogens (tertiary/aromatic N) is 1. The first kappa shape index (κ1) is 14.0. The number of hydrogen-bond donors (Lipinski definition) is 1. The first-order valence-electron chi connectivity index (χ1n) is 7.00. The topological polar surface area (TPSA) is 32.3 Å². The summed E-state index contributed by atoms with van der Waals surface area (Å²) in [7, 11) is 4.08. The van der Waals surface area contributed by atoms with E-state index in [9.17, 15) is 4.79 Å². The Morgan fingerprint density at radius 2 is 1.81 bits per heavy atom. The van der Waals surface area contributed by atoms with Gasteiger partial charge in [-0.3, -0.25) is 4.79 Å². The highest BCUT2D eigenvalue weighted by atomic mass is 32.1. The molecule has 21 heavy (non-hydrogen) atoms. The molecule has 0 spiro atoms. The number of nitrogens with one attached hydrogen (secondary N) is 1. The zero-order valence-corrected chi connectivity index (χ0v) is 13.0. The Labute approximate surface area is 127 Å². The molecule has 3 rings (SSSR count). The molecular formula is C17H18N2OS. The van der Waals surface area contributed by atoms with Crippen LogP contribution in [-0.2, 0) is 0 Å². The Kier molecular flexibility index (Phi) is 3.90. The van der Waals surface area contributed by atoms with Gasteiger partial charge in [0.25, 0.3) is 0 Å². The van der Waals surface area contributed by atoms with E-state index in [1.165, 1.54) is 0 Å². The molecule has 0 saturated heterocycles. The number of fused-ring (bicyclic) bond motifs is 2. The molecule has 1 aromatic heterocycles. The van der Waals surface area contributed by atoms with Gasteiger partial charge < -0.3 is 10.2 Å². The monoisotopic (exact) mass is 298 g/mol. The lowest BCUT2D eigenvalue weighted by atomic mass is 10.1. The second kappa shape index (κ2) is 5.84. The van der Waals surface area contributed by atoms with Crippen LogP contribution in [0.25, 0.3) is 20.2 Å². The van der Waals surface area contributed by atoms with Crippen molar-refractivity contribution in [1.82, 2.24) is 4.90 Å². The van der Waals surface area contributed by atoms with E-state index in [1.54, 1.807) is 11.3 Å². The van der Waals surface area contributed by atoms with Crippen molar-refractivity contribution in [2.24, 2.45) is 0 Å². The number of benzene rings is 2. The third kappa shape index (κ3) is 2.77. The lowest BCUT2D eigenvalue weighted by Gasteiger charge is -2.13. The minimum atomic E-state index is 0.118. The zero-order chi connectivity index (χ0) is 14.8. The maximum absolute atomic E-state index is 12.8. The lowest BCUT2D eigenvalue weighted by Crippen LogP contribution is -2.21. The van der Waals surface area contributed by atoms with Crippen molar-refractivity contribution in [2.75, 3.05) is 32.5 Å². The fraction of sp³-hybridized carbons (Fsp3) is 0.235. The van der Waals surface area contributed by atoms with Crippen LogP contribution in [0.5, 0.6) is 0 Å². The fourth-order valence-electron chi connectivity index (χ4n) is 2.41. The van der Waals surface area contributed by atoms with Crippen LogP contribution in [0.3, 0.4) is 0 Å². The molecule has 0 bridgehead atoms. The molecule has 0 atom stereocenters. The number of anilines is 1. The minimum Gasteiger partial charge on any atom is -0.383 e. The van der Waals surface area contributed by atoms with Crippen molar-refractivity contribution in [1.29, 1.82) is 0 Å². The third-order valence-electron chi connectivity index (χ3n) is 3.48. The summed E-state index contributed by atoms with van der Waals surface area (Å²) in [5.74, 6) is 0. The van der Waals surface area contributed by atoms with E-state index in [2.05, 4.69) is 10.2 Å². The molecule has 0 amide bonds. The molecule has 0 aliphatic heterocycles. The minimum absolute atomic E-state index is 0.118. The Balaban J connectivity index is 2.13. The van der Waals surface area contributed by atoms with Gasteiger partial charge in [-0.1, -0.05) is 18.2 Å². The van der Waals surface area contributed by atoms with Crippen LogP contribution in [0.15, 0.2) is 47.3 Å². The Hall–Kier alpha value is -1.91. The van der Waals surface area contributed by atoms with E-state index in [-0.39, 0.29) is 5.43 Å². The van der Waals surface area contributed by atoms with Gasteiger partial charge in [0.05, 0.1) is 5.39 Å². The normalized spacial score (nSPS) is 11.4. The van der Waals surface area contributed by atoms with Crippen LogP contribution in [0.2, 0.25) is 0 Å². The molecule has 0 aliphatic carbocycles. The van der Waals surface area contributed by atoms with E-state index in [4.69, 9.17) is 0 Å². The molecule has 0 radical (unpaired) electrons. The molecule has 0 unspecified atom stereocenters. The van der Waals surface area contributed by atoms with Crippen LogP contribution >= 0.6 is 11.3 Å². The summed E-state index contributed by atoms with van der Waals surface area (Å²) in [6.07, 6.45) is 0. The van der Waals surface area contributed by atoms with Crippen LogP contribution in [0.4, 0.5) is 5.69 Å². The van der Waals surface area contributed by atoms with Gasteiger partial charge in [0.2, 0.25) is 0 Å². The van der Waals surface area contributed by atoms with Gasteiger partial charge in [-0.05, 0) is 38.4 Å². The van der Waals surface area contributed by atoms with Crippen molar-refractivity contribution in [3.63, 3.8) is 0 Å². The Morgan fingerprint density at radius 1 is 1.05 bits per heavy atom. The molecule has 0 fully saturated rings. The molecule has 0 saturated carbocycles. The molecule has 3 nitrogen and oxygen atoms in total. The first-order chi connectivity index (χ1) is 10.2. The maximum Gasteiger partial charge on any atom is 0.197 e. The smallest absolute Gasteiger partial charge is 0.197 e. The van der Waals surface area contributed by atoms with Gasteiger partial charge in [0.1, 0.15) is 0 Å². The summed E-state index contributed by atoms with van der Waals surface area (Å²) in [4.78, 5) is 14.9. The van der Waals surface area contributed by atoms with Crippen LogP contribution in [0, 0.1) is 0 Å². The highest BCUT2D eigenvalue weighted by molar-refractivity contribution is 7.24. The SMILES string of the molecule is CN(C)CCNc1cccc2sc3ccccc3c(=O)c12. The summed E-state index contributed by atoms with van der Waals surface area (Å²) >= 11 is 1.67. The highest BCUT2D eigenvalue weighted by Crippen LogP contribution is 2.28. The maximum atomic E-state index is 12.8. The zero-order valence-electron chi connectivity index (χ0n) is 12.2. The molecule has 0 aliphatic rings. The van der Waals surface area contributed by atoms with Crippen molar-refractivity contribution in [3.8, 4) is 0 Å². The summed E-state index contributed by atoms with van der Waals surface area (Å²) in [5, 5.41) is 5.00. The predicted molar refractivity (Wildman–Crippen MR) is 92.6 cm³/mol. The van der Waals surface area contributed by atoms with E-state index in [0.29, 0.717) is 0 Å². The van der Waals surface area contributed by atoms with Gasteiger partial charge >= 0.3 is 0 Å². The van der Waals surface area contributed by atoms with Gasteiger partial charge in [0.15, 0.2) is 5.43 Å². The molecule has 3 aromatic rings. The van der Waals surface area contributed by atoms with Crippen molar-refractivity contribution in [3.05, 3.63) is 52.7 Å². The molecular weight excluding hydrogens is 280 g/mol. The van der Waals surface area contributed by atoms with Crippen LogP contribution < -0.4 is 10.7 Å². The largest absolute Gasteiger partial charge is 0.383 e. The second-order valence-electron chi connectivity index (χ2n) is 5.34. The summed E-state index contributed by atoms with van der Waals surface area (Å²) < 4.78 is 2.08. The predicted octanol–water partition coefficient (Wildman–Crippen LogP) is 3.39. The quantitative estimate of drug-likeness (QED) is 0.749. The number of rotatable bonds is 4. The van der Waals surface area contributed by atoms with E-state index < -0.39 is 0 Å². The fourth-order valence-corrected chi connectivity index (χ4v) is 3.51. The molecule has 2 aromatic carbocycles. The summed E-state index contributed by atoms with van der Waals surface area (Å²) in [5.41, 5.74) is 1.05. The van der Waals surface area contributed by atoms with E-state index in [1.807, 2.05) is 56.6 Å². The first-order valence-corrected chi connectivity index (χ1v) is 7.81. The van der Waals surface area contributed by atoms with E-state index >= 15 is 0 Å². The third-order valence-corrected chi connectivity index (χ3v) is 4.62. The lowest BCUT2D eigenvalue weighted by molar-refractivity contribution is 0.425. The van der Waals surface area contributed by atoms with Crippen LogP contribution in [-0.4, -0.2) is 32.1 Å². The average molecular weight is 298 g/mol. The van der Waals surface area contributed by atoms with Crippen molar-refractivity contribution in [2.45, 2.75) is 0 Å². The molecule has 108 valence electrons. The van der Waals surface area contributed by atoms with Crippen molar-refractivity contribution < 1.29 is 0 Å². The number of likely N-dealkylation sites (N-methyl/N-ethyl adjacent to an activating group) is 1. The van der Waals surface area contributed by atoms with Gasteiger partial charge in [-0.25, -0.2) is 0 Å². The Morgan fingerprint density at radius 3 is 2.62 bits per heavy atom. The second-order valence-corrected chi connectivity index (χ2v) is 6.42. The standard InChI is InChI=1S/C17H18N2OS/c1-19(2)11-10-18-13-7-5-9-15-16(13)17(20)12-6-3-4-8-14(12)21-15/h3-9,18H,10-11H2,1-2H3. The van der Waals surface area contributed by atoms with Gasteiger partial charge in [0, 0.05) is 33.6 Å². The molecule has 1 N–H and O–H groups in total. The van der Waals surface area contributed by atoms with E-state index in [0.717, 1.165) is 38.9 Å². The Bertz CT molecular complexity index is 839. The molecule has 4 heteroatoms. The summed E-state index contributed by atoms with van der Waals surface area (Å²) in [6.45, 7) is 1.75. The van der Waals surface area contributed by atoms with Crippen molar-refractivity contribution >= 4 is 37.2 Å². The number of hydrogen-bond acceptors (Lipinski definition) is 4. The summed E-state index contributed by atoms with van der Waals surface area (Å²) in [6, 6.07) is 13.8.